The molecule has 0 spiro atoms. The average Bonchev–Trinajstić information content (AvgIpc) is 3.17. The second-order valence-corrected chi connectivity index (χ2v) is 6.43. The van der Waals surface area contributed by atoms with Crippen LogP contribution in [-0.2, 0) is 6.54 Å². The van der Waals surface area contributed by atoms with E-state index in [2.05, 4.69) is 58.9 Å². The van der Waals surface area contributed by atoms with Crippen molar-refractivity contribution in [2.24, 2.45) is 4.99 Å². The molecule has 120 valence electrons. The summed E-state index contributed by atoms with van der Waals surface area (Å²) in [6.45, 7) is 6.95. The van der Waals surface area contributed by atoms with Gasteiger partial charge >= 0.3 is 0 Å². The third kappa shape index (κ3) is 6.52. The standard InChI is InChI=1S/C15H26N4S.HI/c1-4-16-15(18-11-14-6-5-9-20-14)17-10-12(2)19(3)13-7-8-13;/h5-6,9,12-13H,4,7-8,10-11H2,1-3H3,(H2,16,17,18);1H. The number of hydrogen-bond acceptors (Lipinski definition) is 3. The minimum Gasteiger partial charge on any atom is -0.357 e. The lowest BCUT2D eigenvalue weighted by Gasteiger charge is -2.25. The monoisotopic (exact) mass is 422 g/mol. The molecule has 1 aromatic heterocycles. The van der Waals surface area contributed by atoms with Gasteiger partial charge in [-0.15, -0.1) is 35.3 Å². The predicted molar refractivity (Wildman–Crippen MR) is 103 cm³/mol. The largest absolute Gasteiger partial charge is 0.357 e. The van der Waals surface area contributed by atoms with Crippen molar-refractivity contribution in [3.63, 3.8) is 0 Å². The van der Waals surface area contributed by atoms with Crippen LogP contribution in [0.5, 0.6) is 0 Å². The van der Waals surface area contributed by atoms with Gasteiger partial charge in [0.15, 0.2) is 5.96 Å². The Kier molecular flexibility index (Phi) is 8.58. The topological polar surface area (TPSA) is 39.7 Å². The van der Waals surface area contributed by atoms with E-state index in [0.717, 1.165) is 31.6 Å². The van der Waals surface area contributed by atoms with Gasteiger partial charge < -0.3 is 10.6 Å². The predicted octanol–water partition coefficient (Wildman–Crippen LogP) is 2.90. The second kappa shape index (κ2) is 9.63. The molecule has 1 aromatic rings. The molecule has 0 radical (unpaired) electrons. The van der Waals surface area contributed by atoms with E-state index >= 15 is 0 Å². The molecule has 4 nitrogen and oxygen atoms in total. The molecular weight excluding hydrogens is 395 g/mol. The van der Waals surface area contributed by atoms with Gasteiger partial charge in [0.05, 0.1) is 6.54 Å². The molecule has 0 aliphatic heterocycles. The first-order valence-corrected chi connectivity index (χ1v) is 8.35. The summed E-state index contributed by atoms with van der Waals surface area (Å²) in [4.78, 5) is 8.40. The maximum atomic E-state index is 4.63. The maximum absolute atomic E-state index is 4.63. The Balaban J connectivity index is 0.00000220. The summed E-state index contributed by atoms with van der Waals surface area (Å²) in [6, 6.07) is 5.54. The summed E-state index contributed by atoms with van der Waals surface area (Å²) in [5.74, 6) is 0.914. The number of likely N-dealkylation sites (N-methyl/N-ethyl adjacent to an activating group) is 1. The summed E-state index contributed by atoms with van der Waals surface area (Å²) in [5.41, 5.74) is 0. The lowest BCUT2D eigenvalue weighted by molar-refractivity contribution is 0.247. The van der Waals surface area contributed by atoms with Crippen LogP contribution >= 0.6 is 35.3 Å². The highest BCUT2D eigenvalue weighted by Gasteiger charge is 2.28. The van der Waals surface area contributed by atoms with E-state index in [-0.39, 0.29) is 24.0 Å². The molecule has 6 heteroatoms. The van der Waals surface area contributed by atoms with Gasteiger partial charge in [-0.05, 0) is 45.2 Å². The van der Waals surface area contributed by atoms with Gasteiger partial charge in [0.1, 0.15) is 0 Å². The van der Waals surface area contributed by atoms with Crippen LogP contribution in [0.15, 0.2) is 22.5 Å². The zero-order chi connectivity index (χ0) is 14.4. The van der Waals surface area contributed by atoms with Crippen molar-refractivity contribution in [1.82, 2.24) is 15.5 Å². The molecule has 1 aliphatic carbocycles. The molecule has 2 N–H and O–H groups in total. The molecule has 0 aromatic carbocycles. The maximum Gasteiger partial charge on any atom is 0.191 e. The molecule has 1 saturated carbocycles. The van der Waals surface area contributed by atoms with Crippen LogP contribution in [0, 0.1) is 0 Å². The number of rotatable bonds is 7. The van der Waals surface area contributed by atoms with Gasteiger partial charge in [-0.2, -0.15) is 0 Å². The zero-order valence-corrected chi connectivity index (χ0v) is 16.3. The van der Waals surface area contributed by atoms with Gasteiger partial charge in [-0.25, -0.2) is 4.99 Å². The molecule has 1 fully saturated rings. The Hall–Kier alpha value is -0.340. The highest BCUT2D eigenvalue weighted by Crippen LogP contribution is 2.26. The fraction of sp³-hybridized carbons (Fsp3) is 0.667. The van der Waals surface area contributed by atoms with Crippen LogP contribution < -0.4 is 10.6 Å². The van der Waals surface area contributed by atoms with Crippen LogP contribution in [0.2, 0.25) is 0 Å². The lowest BCUT2D eigenvalue weighted by atomic mass is 10.3. The number of aliphatic imine (C=N–C) groups is 1. The minimum absolute atomic E-state index is 0. The van der Waals surface area contributed by atoms with Crippen molar-refractivity contribution >= 4 is 41.3 Å². The quantitative estimate of drug-likeness (QED) is 0.403. The lowest BCUT2D eigenvalue weighted by Crippen LogP contribution is -2.45. The smallest absolute Gasteiger partial charge is 0.191 e. The van der Waals surface area contributed by atoms with E-state index in [4.69, 9.17) is 0 Å². The van der Waals surface area contributed by atoms with Crippen molar-refractivity contribution in [2.45, 2.75) is 45.3 Å². The summed E-state index contributed by atoms with van der Waals surface area (Å²) in [5, 5.41) is 8.85. The molecule has 0 amide bonds. The van der Waals surface area contributed by atoms with E-state index in [1.54, 1.807) is 11.3 Å². The molecule has 2 rings (SSSR count). The summed E-state index contributed by atoms with van der Waals surface area (Å²) >= 11 is 1.75. The summed E-state index contributed by atoms with van der Waals surface area (Å²) < 4.78 is 0. The third-order valence-electron chi connectivity index (χ3n) is 3.70. The van der Waals surface area contributed by atoms with Crippen molar-refractivity contribution in [3.05, 3.63) is 22.4 Å². The van der Waals surface area contributed by atoms with Crippen LogP contribution in [0.25, 0.3) is 0 Å². The number of halogens is 1. The SMILES string of the molecule is CCNC(=NCc1cccs1)NCC(C)N(C)C1CC1.I. The number of guanidine groups is 1. The van der Waals surface area contributed by atoms with Crippen molar-refractivity contribution < 1.29 is 0 Å². The normalized spacial score (nSPS) is 16.5. The van der Waals surface area contributed by atoms with Gasteiger partial charge in [0.25, 0.3) is 0 Å². The van der Waals surface area contributed by atoms with E-state index in [9.17, 15) is 0 Å². The van der Waals surface area contributed by atoms with Crippen LogP contribution in [0.1, 0.15) is 31.6 Å². The van der Waals surface area contributed by atoms with Gasteiger partial charge in [-0.1, -0.05) is 6.07 Å². The van der Waals surface area contributed by atoms with Crippen molar-refractivity contribution in [3.8, 4) is 0 Å². The molecule has 0 saturated heterocycles. The van der Waals surface area contributed by atoms with Crippen molar-refractivity contribution in [1.29, 1.82) is 0 Å². The Labute approximate surface area is 149 Å². The number of nitrogens with zero attached hydrogens (tertiary/aromatic N) is 2. The Morgan fingerprint density at radius 1 is 1.48 bits per heavy atom. The van der Waals surface area contributed by atoms with Crippen molar-refractivity contribution in [2.75, 3.05) is 20.1 Å². The highest BCUT2D eigenvalue weighted by molar-refractivity contribution is 14.0. The van der Waals surface area contributed by atoms with Gasteiger partial charge in [0, 0.05) is 30.1 Å². The highest BCUT2D eigenvalue weighted by atomic mass is 127. The first-order chi connectivity index (χ1) is 9.70. The third-order valence-corrected chi connectivity index (χ3v) is 4.56. The fourth-order valence-electron chi connectivity index (χ4n) is 2.13. The van der Waals surface area contributed by atoms with Crippen LogP contribution in [0.4, 0.5) is 0 Å². The molecule has 21 heavy (non-hydrogen) atoms. The Morgan fingerprint density at radius 3 is 2.81 bits per heavy atom. The number of nitrogens with one attached hydrogen (secondary N) is 2. The average molecular weight is 422 g/mol. The molecular formula is C15H27IN4S. The van der Waals surface area contributed by atoms with Crippen LogP contribution in [-0.4, -0.2) is 43.1 Å². The van der Waals surface area contributed by atoms with E-state index in [1.165, 1.54) is 17.7 Å². The molecule has 1 atom stereocenters. The zero-order valence-electron chi connectivity index (χ0n) is 13.1. The van der Waals surface area contributed by atoms with E-state index in [1.807, 2.05) is 0 Å². The Bertz CT molecular complexity index is 417. The second-order valence-electron chi connectivity index (χ2n) is 5.40. The summed E-state index contributed by atoms with van der Waals surface area (Å²) in [6.07, 6.45) is 2.71. The first-order valence-electron chi connectivity index (χ1n) is 7.47. The van der Waals surface area contributed by atoms with Crippen LogP contribution in [0.3, 0.4) is 0 Å². The van der Waals surface area contributed by atoms with Gasteiger partial charge in [0.2, 0.25) is 0 Å². The fourth-order valence-corrected chi connectivity index (χ4v) is 2.76. The minimum atomic E-state index is 0. The number of thiophene rings is 1. The molecule has 0 bridgehead atoms. The Morgan fingerprint density at radius 2 is 2.24 bits per heavy atom. The molecule has 1 heterocycles. The summed E-state index contributed by atoms with van der Waals surface area (Å²) in [7, 11) is 2.22. The first kappa shape index (κ1) is 18.7. The molecule has 1 aliphatic rings. The number of hydrogen-bond donors (Lipinski definition) is 2. The van der Waals surface area contributed by atoms with E-state index < -0.39 is 0 Å². The van der Waals surface area contributed by atoms with Gasteiger partial charge in [-0.3, -0.25) is 4.90 Å². The molecule has 1 unspecified atom stereocenters. The van der Waals surface area contributed by atoms with E-state index in [0.29, 0.717) is 6.04 Å².